The van der Waals surface area contributed by atoms with Gasteiger partial charge in [-0.2, -0.15) is 0 Å². The minimum absolute atomic E-state index is 0.0432. The lowest BCUT2D eigenvalue weighted by molar-refractivity contribution is -0.384. The molecule has 8 heteroatoms. The number of non-ortho nitro benzene ring substituents is 1. The second kappa shape index (κ2) is 8.29. The molecule has 26 heavy (non-hydrogen) atoms. The van der Waals surface area contributed by atoms with Gasteiger partial charge in [-0.1, -0.05) is 31.2 Å². The van der Waals surface area contributed by atoms with E-state index < -0.39 is 14.9 Å². The fourth-order valence-corrected chi connectivity index (χ4v) is 4.00. The molecule has 0 N–H and O–H groups in total. The number of hydrogen-bond donors (Lipinski definition) is 0. The number of sulfonamides is 1. The summed E-state index contributed by atoms with van der Waals surface area (Å²) in [5.41, 5.74) is 1.43. The van der Waals surface area contributed by atoms with E-state index in [-0.39, 0.29) is 23.9 Å². The van der Waals surface area contributed by atoms with Crippen molar-refractivity contribution in [2.45, 2.75) is 19.4 Å². The quantitative estimate of drug-likeness (QED) is 0.520. The minimum atomic E-state index is -3.52. The Hall–Kier alpha value is -2.45. The molecule has 2 rings (SSSR count). The minimum Gasteiger partial charge on any atom is -0.497 e. The molecule has 140 valence electrons. The molecule has 0 fully saturated rings. The Kier molecular flexibility index (Phi) is 6.33. The van der Waals surface area contributed by atoms with Gasteiger partial charge in [-0.15, -0.1) is 0 Å². The van der Waals surface area contributed by atoms with Crippen LogP contribution in [-0.2, 0) is 16.6 Å². The third-order valence-electron chi connectivity index (χ3n) is 4.15. The zero-order valence-electron chi connectivity index (χ0n) is 15.0. The van der Waals surface area contributed by atoms with Crippen molar-refractivity contribution in [2.75, 3.05) is 19.9 Å². The Labute approximate surface area is 153 Å². The lowest BCUT2D eigenvalue weighted by Crippen LogP contribution is -2.30. The molecule has 2 aromatic carbocycles. The second-order valence-corrected chi connectivity index (χ2v) is 8.26. The van der Waals surface area contributed by atoms with Crippen molar-refractivity contribution in [2.24, 2.45) is 0 Å². The molecule has 1 unspecified atom stereocenters. The van der Waals surface area contributed by atoms with Crippen molar-refractivity contribution in [3.63, 3.8) is 0 Å². The van der Waals surface area contributed by atoms with Crippen LogP contribution in [0, 0.1) is 10.1 Å². The van der Waals surface area contributed by atoms with E-state index in [9.17, 15) is 18.5 Å². The Balaban J connectivity index is 2.08. The average molecular weight is 378 g/mol. The monoisotopic (exact) mass is 378 g/mol. The van der Waals surface area contributed by atoms with E-state index in [1.54, 1.807) is 38.3 Å². The van der Waals surface area contributed by atoms with Crippen molar-refractivity contribution in [3.8, 4) is 5.75 Å². The molecule has 0 aromatic heterocycles. The van der Waals surface area contributed by atoms with Gasteiger partial charge in [0, 0.05) is 25.7 Å². The first-order chi connectivity index (χ1) is 12.2. The van der Waals surface area contributed by atoms with Gasteiger partial charge in [0.25, 0.3) is 5.69 Å². The molecule has 0 aliphatic rings. The van der Waals surface area contributed by atoms with Crippen LogP contribution in [0.1, 0.15) is 24.0 Å². The molecule has 0 aliphatic heterocycles. The van der Waals surface area contributed by atoms with Crippen molar-refractivity contribution in [3.05, 3.63) is 69.8 Å². The highest BCUT2D eigenvalue weighted by atomic mass is 32.2. The van der Waals surface area contributed by atoms with Crippen LogP contribution in [0.2, 0.25) is 0 Å². The molecule has 0 amide bonds. The number of methoxy groups -OCH3 is 1. The average Bonchev–Trinajstić information content (AvgIpc) is 2.62. The molecular formula is C18H22N2O5S. The zero-order chi connectivity index (χ0) is 19.3. The van der Waals surface area contributed by atoms with Gasteiger partial charge in [0.05, 0.1) is 17.8 Å². The van der Waals surface area contributed by atoms with Crippen LogP contribution in [-0.4, -0.2) is 37.6 Å². The SMILES string of the molecule is COc1ccc(CN(C)S(=O)(=O)CC(C)c2cccc([N+](=O)[O-])c2)cc1. The standard InChI is InChI=1S/C18H22N2O5S/c1-14(16-5-4-6-17(11-16)20(21)22)13-26(23,24)19(2)12-15-7-9-18(25-3)10-8-15/h4-11,14H,12-13H2,1-3H3. The van der Waals surface area contributed by atoms with E-state index in [1.807, 2.05) is 12.1 Å². The largest absolute Gasteiger partial charge is 0.497 e. The maximum Gasteiger partial charge on any atom is 0.269 e. The van der Waals surface area contributed by atoms with Gasteiger partial charge in [-0.25, -0.2) is 12.7 Å². The lowest BCUT2D eigenvalue weighted by atomic mass is 10.0. The number of nitro benzene ring substituents is 1. The Morgan fingerprint density at radius 1 is 1.19 bits per heavy atom. The molecular weight excluding hydrogens is 356 g/mol. The number of rotatable bonds is 8. The summed E-state index contributed by atoms with van der Waals surface area (Å²) in [5, 5.41) is 10.9. The van der Waals surface area contributed by atoms with Crippen LogP contribution in [0.5, 0.6) is 5.75 Å². The van der Waals surface area contributed by atoms with Gasteiger partial charge in [0.15, 0.2) is 0 Å². The molecule has 0 aliphatic carbocycles. The molecule has 0 heterocycles. The van der Waals surface area contributed by atoms with Crippen molar-refractivity contribution >= 4 is 15.7 Å². The summed E-state index contributed by atoms with van der Waals surface area (Å²) in [6.45, 7) is 1.99. The van der Waals surface area contributed by atoms with Crippen molar-refractivity contribution in [1.29, 1.82) is 0 Å². The number of nitro groups is 1. The molecule has 0 radical (unpaired) electrons. The van der Waals surface area contributed by atoms with E-state index in [4.69, 9.17) is 4.74 Å². The summed E-state index contributed by atoms with van der Waals surface area (Å²) in [6, 6.07) is 13.3. The predicted octanol–water partition coefficient (Wildman–Crippen LogP) is 3.17. The summed E-state index contributed by atoms with van der Waals surface area (Å²) >= 11 is 0. The van der Waals surface area contributed by atoms with Crippen LogP contribution in [0.3, 0.4) is 0 Å². The maximum absolute atomic E-state index is 12.6. The Bertz CT molecular complexity index is 865. The van der Waals surface area contributed by atoms with Gasteiger partial charge < -0.3 is 4.74 Å². The zero-order valence-corrected chi connectivity index (χ0v) is 15.8. The second-order valence-electron chi connectivity index (χ2n) is 6.14. The van der Waals surface area contributed by atoms with Gasteiger partial charge >= 0.3 is 0 Å². The Morgan fingerprint density at radius 3 is 2.42 bits per heavy atom. The van der Waals surface area contributed by atoms with Crippen LogP contribution >= 0.6 is 0 Å². The van der Waals surface area contributed by atoms with E-state index in [0.717, 1.165) is 5.56 Å². The lowest BCUT2D eigenvalue weighted by Gasteiger charge is -2.20. The van der Waals surface area contributed by atoms with E-state index in [0.29, 0.717) is 11.3 Å². The van der Waals surface area contributed by atoms with Crippen molar-refractivity contribution in [1.82, 2.24) is 4.31 Å². The molecule has 0 saturated heterocycles. The highest BCUT2D eigenvalue weighted by Gasteiger charge is 2.23. The van der Waals surface area contributed by atoms with E-state index >= 15 is 0 Å². The molecule has 2 aromatic rings. The van der Waals surface area contributed by atoms with E-state index in [1.165, 1.54) is 23.5 Å². The summed E-state index contributed by atoms with van der Waals surface area (Å²) in [7, 11) is -0.425. The number of benzene rings is 2. The summed E-state index contributed by atoms with van der Waals surface area (Å²) in [6.07, 6.45) is 0. The summed E-state index contributed by atoms with van der Waals surface area (Å²) in [4.78, 5) is 10.4. The highest BCUT2D eigenvalue weighted by Crippen LogP contribution is 2.23. The van der Waals surface area contributed by atoms with Gasteiger partial charge in [-0.3, -0.25) is 10.1 Å². The molecule has 1 atom stereocenters. The van der Waals surface area contributed by atoms with Gasteiger partial charge in [0.1, 0.15) is 5.75 Å². The first-order valence-corrected chi connectivity index (χ1v) is 9.65. The highest BCUT2D eigenvalue weighted by molar-refractivity contribution is 7.89. The summed E-state index contributed by atoms with van der Waals surface area (Å²) in [5.74, 6) is 0.220. The van der Waals surface area contributed by atoms with Crippen molar-refractivity contribution < 1.29 is 18.1 Å². The van der Waals surface area contributed by atoms with Crippen LogP contribution < -0.4 is 4.74 Å². The third-order valence-corrected chi connectivity index (χ3v) is 6.15. The molecule has 0 bridgehead atoms. The molecule has 0 spiro atoms. The predicted molar refractivity (Wildman–Crippen MR) is 99.8 cm³/mol. The molecule has 7 nitrogen and oxygen atoms in total. The van der Waals surface area contributed by atoms with Crippen LogP contribution in [0.15, 0.2) is 48.5 Å². The molecule has 0 saturated carbocycles. The third kappa shape index (κ3) is 5.03. The fourth-order valence-electron chi connectivity index (χ4n) is 2.57. The van der Waals surface area contributed by atoms with Gasteiger partial charge in [-0.05, 0) is 29.2 Å². The van der Waals surface area contributed by atoms with Crippen LogP contribution in [0.25, 0.3) is 0 Å². The fraction of sp³-hybridized carbons (Fsp3) is 0.333. The number of hydrogen-bond acceptors (Lipinski definition) is 5. The number of nitrogens with zero attached hydrogens (tertiary/aromatic N) is 2. The normalized spacial score (nSPS) is 12.8. The summed E-state index contributed by atoms with van der Waals surface area (Å²) < 4.78 is 31.6. The number of ether oxygens (including phenoxy) is 1. The first-order valence-electron chi connectivity index (χ1n) is 8.04. The maximum atomic E-state index is 12.6. The van der Waals surface area contributed by atoms with Crippen LogP contribution in [0.4, 0.5) is 5.69 Å². The first kappa shape index (κ1) is 19.9. The topological polar surface area (TPSA) is 89.8 Å². The van der Waals surface area contributed by atoms with E-state index in [2.05, 4.69) is 0 Å². The van der Waals surface area contributed by atoms with Gasteiger partial charge in [0.2, 0.25) is 10.0 Å². The Morgan fingerprint density at radius 2 is 1.85 bits per heavy atom. The smallest absolute Gasteiger partial charge is 0.269 e.